The lowest BCUT2D eigenvalue weighted by Gasteiger charge is -2.10. The maximum absolute atomic E-state index is 12.2. The molecule has 0 radical (unpaired) electrons. The van der Waals surface area contributed by atoms with E-state index in [1.165, 1.54) is 0 Å². The van der Waals surface area contributed by atoms with Crippen molar-refractivity contribution in [1.82, 2.24) is 5.32 Å². The molecule has 0 aromatic heterocycles. The number of carbonyl (C=O) groups excluding carboxylic acids is 2. The topological polar surface area (TPSA) is 58.2 Å². The third kappa shape index (κ3) is 4.33. The summed E-state index contributed by atoms with van der Waals surface area (Å²) in [5.41, 5.74) is 2.99. The summed E-state index contributed by atoms with van der Waals surface area (Å²) < 4.78 is 0. The normalized spacial score (nSPS) is 19.9. The van der Waals surface area contributed by atoms with Gasteiger partial charge in [0.25, 0.3) is 0 Å². The zero-order valence-corrected chi connectivity index (χ0v) is 13.9. The van der Waals surface area contributed by atoms with Gasteiger partial charge in [0, 0.05) is 12.2 Å². The molecule has 4 heteroatoms. The van der Waals surface area contributed by atoms with Crippen molar-refractivity contribution >= 4 is 17.5 Å². The predicted octanol–water partition coefficient (Wildman–Crippen LogP) is 3.04. The molecule has 1 aliphatic rings. The molecular formula is C18H26N2O2. The van der Waals surface area contributed by atoms with E-state index in [1.807, 2.05) is 32.0 Å². The van der Waals surface area contributed by atoms with Crippen molar-refractivity contribution in [2.45, 2.75) is 40.5 Å². The van der Waals surface area contributed by atoms with Gasteiger partial charge in [0.05, 0.1) is 11.8 Å². The maximum atomic E-state index is 12.2. The number of anilines is 1. The number of hydrogen-bond donors (Lipinski definition) is 2. The maximum Gasteiger partial charge on any atom is 0.228 e. The summed E-state index contributed by atoms with van der Waals surface area (Å²) in [6.45, 7) is 8.92. The second-order valence-electron chi connectivity index (χ2n) is 6.73. The molecule has 1 saturated carbocycles. The Morgan fingerprint density at radius 3 is 2.55 bits per heavy atom. The second kappa shape index (κ2) is 6.95. The van der Waals surface area contributed by atoms with E-state index in [-0.39, 0.29) is 23.7 Å². The predicted molar refractivity (Wildman–Crippen MR) is 88.6 cm³/mol. The highest BCUT2D eigenvalue weighted by Gasteiger charge is 2.47. The van der Waals surface area contributed by atoms with Crippen LogP contribution in [0.15, 0.2) is 18.2 Å². The van der Waals surface area contributed by atoms with Gasteiger partial charge in [-0.3, -0.25) is 9.59 Å². The number of carbonyl (C=O) groups is 2. The first kappa shape index (κ1) is 16.5. The molecule has 1 aliphatic carbocycles. The molecule has 2 atom stereocenters. The molecule has 0 heterocycles. The van der Waals surface area contributed by atoms with E-state index in [0.29, 0.717) is 18.9 Å². The number of rotatable bonds is 6. The Hall–Kier alpha value is -1.84. The van der Waals surface area contributed by atoms with E-state index in [4.69, 9.17) is 0 Å². The number of benzene rings is 1. The van der Waals surface area contributed by atoms with Crippen LogP contribution in [0.3, 0.4) is 0 Å². The van der Waals surface area contributed by atoms with Gasteiger partial charge >= 0.3 is 0 Å². The fourth-order valence-electron chi connectivity index (χ4n) is 2.49. The molecule has 0 aliphatic heterocycles. The smallest absolute Gasteiger partial charge is 0.228 e. The van der Waals surface area contributed by atoms with Crippen LogP contribution in [0.5, 0.6) is 0 Å². The van der Waals surface area contributed by atoms with Crippen molar-refractivity contribution in [3.63, 3.8) is 0 Å². The summed E-state index contributed by atoms with van der Waals surface area (Å²) >= 11 is 0. The van der Waals surface area contributed by atoms with Crippen molar-refractivity contribution < 1.29 is 9.59 Å². The minimum atomic E-state index is -0.182. The van der Waals surface area contributed by atoms with Gasteiger partial charge < -0.3 is 10.6 Å². The second-order valence-corrected chi connectivity index (χ2v) is 6.73. The molecule has 4 nitrogen and oxygen atoms in total. The van der Waals surface area contributed by atoms with Gasteiger partial charge in [-0.2, -0.15) is 0 Å². The van der Waals surface area contributed by atoms with Gasteiger partial charge in [0.1, 0.15) is 0 Å². The van der Waals surface area contributed by atoms with Gasteiger partial charge in [-0.1, -0.05) is 26.0 Å². The van der Waals surface area contributed by atoms with E-state index in [9.17, 15) is 9.59 Å². The summed E-state index contributed by atoms with van der Waals surface area (Å²) in [7, 11) is 0. The lowest BCUT2D eigenvalue weighted by atomic mass is 10.1. The Morgan fingerprint density at radius 2 is 1.86 bits per heavy atom. The standard InChI is InChI=1S/C18H26N2O2/c1-11(2)7-8-19-17(21)14-10-15(14)18(22)20-16-9-12(3)5-6-13(16)4/h5-6,9,11,14-15H,7-8,10H2,1-4H3,(H,19,21)(H,20,22). The molecule has 0 bridgehead atoms. The zero-order chi connectivity index (χ0) is 16.3. The fraction of sp³-hybridized carbons (Fsp3) is 0.556. The minimum absolute atomic E-state index is 0.0155. The molecule has 120 valence electrons. The van der Waals surface area contributed by atoms with Crippen LogP contribution in [0.1, 0.15) is 37.8 Å². The molecule has 1 fully saturated rings. The van der Waals surface area contributed by atoms with Gasteiger partial charge in [-0.15, -0.1) is 0 Å². The van der Waals surface area contributed by atoms with Crippen molar-refractivity contribution in [3.05, 3.63) is 29.3 Å². The van der Waals surface area contributed by atoms with Crippen molar-refractivity contribution in [2.24, 2.45) is 17.8 Å². The highest BCUT2D eigenvalue weighted by Crippen LogP contribution is 2.39. The first-order valence-electron chi connectivity index (χ1n) is 8.04. The first-order valence-corrected chi connectivity index (χ1v) is 8.04. The Bertz CT molecular complexity index is 566. The average molecular weight is 302 g/mol. The van der Waals surface area contributed by atoms with Crippen molar-refractivity contribution in [1.29, 1.82) is 0 Å². The third-order valence-electron chi connectivity index (χ3n) is 4.14. The highest BCUT2D eigenvalue weighted by molar-refractivity contribution is 5.99. The fourth-order valence-corrected chi connectivity index (χ4v) is 2.49. The largest absolute Gasteiger partial charge is 0.356 e. The average Bonchev–Trinajstić information content (AvgIpc) is 3.23. The molecule has 1 aromatic carbocycles. The molecule has 0 saturated heterocycles. The Morgan fingerprint density at radius 1 is 1.18 bits per heavy atom. The zero-order valence-electron chi connectivity index (χ0n) is 13.9. The molecule has 0 spiro atoms. The van der Waals surface area contributed by atoms with E-state index < -0.39 is 0 Å². The summed E-state index contributed by atoms with van der Waals surface area (Å²) in [5.74, 6) is 0.207. The van der Waals surface area contributed by atoms with Crippen LogP contribution < -0.4 is 10.6 Å². The summed E-state index contributed by atoms with van der Waals surface area (Å²) in [6, 6.07) is 5.98. The number of nitrogens with one attached hydrogen (secondary N) is 2. The van der Waals surface area contributed by atoms with E-state index >= 15 is 0 Å². The Balaban J connectivity index is 1.83. The summed E-state index contributed by atoms with van der Waals surface area (Å²) in [4.78, 5) is 24.2. The molecular weight excluding hydrogens is 276 g/mol. The van der Waals surface area contributed by atoms with Gasteiger partial charge in [0.15, 0.2) is 0 Å². The van der Waals surface area contributed by atoms with Gasteiger partial charge in [-0.25, -0.2) is 0 Å². The van der Waals surface area contributed by atoms with Crippen LogP contribution in [0.4, 0.5) is 5.69 Å². The lowest BCUT2D eigenvalue weighted by Crippen LogP contribution is -2.28. The van der Waals surface area contributed by atoms with Crippen molar-refractivity contribution in [2.75, 3.05) is 11.9 Å². The van der Waals surface area contributed by atoms with Crippen LogP contribution in [0, 0.1) is 31.6 Å². The van der Waals surface area contributed by atoms with Crippen LogP contribution >= 0.6 is 0 Å². The molecule has 1 aromatic rings. The van der Waals surface area contributed by atoms with E-state index in [0.717, 1.165) is 23.2 Å². The minimum Gasteiger partial charge on any atom is -0.356 e. The SMILES string of the molecule is Cc1ccc(C)c(NC(=O)C2CC2C(=O)NCCC(C)C)c1. The van der Waals surface area contributed by atoms with Crippen LogP contribution in [-0.4, -0.2) is 18.4 Å². The summed E-state index contributed by atoms with van der Waals surface area (Å²) in [6.07, 6.45) is 1.63. The van der Waals surface area contributed by atoms with Crippen LogP contribution in [0.25, 0.3) is 0 Å². The summed E-state index contributed by atoms with van der Waals surface area (Å²) in [5, 5.41) is 5.88. The van der Waals surface area contributed by atoms with Crippen LogP contribution in [-0.2, 0) is 9.59 Å². The molecule has 22 heavy (non-hydrogen) atoms. The van der Waals surface area contributed by atoms with Gasteiger partial charge in [-0.05, 0) is 49.8 Å². The number of aryl methyl sites for hydroxylation is 2. The first-order chi connectivity index (χ1) is 10.4. The highest BCUT2D eigenvalue weighted by atomic mass is 16.2. The molecule has 2 N–H and O–H groups in total. The van der Waals surface area contributed by atoms with Crippen molar-refractivity contribution in [3.8, 4) is 0 Å². The number of hydrogen-bond acceptors (Lipinski definition) is 2. The van der Waals surface area contributed by atoms with E-state index in [2.05, 4.69) is 24.5 Å². The third-order valence-corrected chi connectivity index (χ3v) is 4.14. The van der Waals surface area contributed by atoms with E-state index in [1.54, 1.807) is 0 Å². The number of amides is 2. The Labute approximate surface area is 132 Å². The van der Waals surface area contributed by atoms with Crippen LogP contribution in [0.2, 0.25) is 0 Å². The monoisotopic (exact) mass is 302 g/mol. The Kier molecular flexibility index (Phi) is 5.22. The van der Waals surface area contributed by atoms with Gasteiger partial charge in [0.2, 0.25) is 11.8 Å². The molecule has 2 rings (SSSR count). The molecule has 2 amide bonds. The quantitative estimate of drug-likeness (QED) is 0.848. The molecule has 2 unspecified atom stereocenters. The lowest BCUT2D eigenvalue weighted by molar-refractivity contribution is -0.125.